The van der Waals surface area contributed by atoms with Crippen molar-refractivity contribution in [3.8, 4) is 0 Å². The van der Waals surface area contributed by atoms with Crippen molar-refractivity contribution >= 4 is 0 Å². The van der Waals surface area contributed by atoms with E-state index in [0.29, 0.717) is 11.5 Å². The summed E-state index contributed by atoms with van der Waals surface area (Å²) in [7, 11) is 2.32. The van der Waals surface area contributed by atoms with E-state index in [1.54, 1.807) is 0 Å². The molecule has 0 aromatic carbocycles. The standard InChI is InChI=1S/C17H32N2O/c1-19(16-8-11-20-12-16)14-17(13-18-15-6-7-15)9-4-2-3-5-10-17/h15-16,18H,2-14H2,1H3. The third-order valence-electron chi connectivity index (χ3n) is 5.62. The summed E-state index contributed by atoms with van der Waals surface area (Å²) in [5.74, 6) is 0. The molecule has 1 atom stereocenters. The molecule has 3 heteroatoms. The highest BCUT2D eigenvalue weighted by molar-refractivity contribution is 4.91. The van der Waals surface area contributed by atoms with Gasteiger partial charge in [0.2, 0.25) is 0 Å². The smallest absolute Gasteiger partial charge is 0.0622 e. The van der Waals surface area contributed by atoms with Gasteiger partial charge >= 0.3 is 0 Å². The normalized spacial score (nSPS) is 30.6. The molecule has 3 aliphatic rings. The number of rotatable bonds is 6. The summed E-state index contributed by atoms with van der Waals surface area (Å²) in [6, 6.07) is 1.51. The van der Waals surface area contributed by atoms with Gasteiger partial charge in [0.15, 0.2) is 0 Å². The summed E-state index contributed by atoms with van der Waals surface area (Å²) in [5, 5.41) is 3.83. The summed E-state index contributed by atoms with van der Waals surface area (Å²) in [6.45, 7) is 4.42. The fourth-order valence-electron chi connectivity index (χ4n) is 4.05. The second kappa shape index (κ2) is 6.76. The SMILES string of the molecule is CN(CC1(CNC2CC2)CCCCCC1)C1CCOC1. The molecule has 0 radical (unpaired) electrons. The van der Waals surface area contributed by atoms with Gasteiger partial charge in [0.1, 0.15) is 0 Å². The Morgan fingerprint density at radius 3 is 2.45 bits per heavy atom. The molecule has 0 amide bonds. The molecular weight excluding hydrogens is 248 g/mol. The summed E-state index contributed by atoms with van der Waals surface area (Å²) in [5.41, 5.74) is 0.524. The van der Waals surface area contributed by atoms with Gasteiger partial charge in [0, 0.05) is 31.8 Å². The first-order chi connectivity index (χ1) is 9.77. The Bertz CT molecular complexity index is 289. The van der Waals surface area contributed by atoms with Crippen LogP contribution in [0.15, 0.2) is 0 Å². The average Bonchev–Trinajstić information content (AvgIpc) is 3.17. The quantitative estimate of drug-likeness (QED) is 0.757. The Kier molecular flexibility index (Phi) is 5.00. The Morgan fingerprint density at radius 2 is 1.85 bits per heavy atom. The van der Waals surface area contributed by atoms with Crippen LogP contribution in [0, 0.1) is 5.41 Å². The molecule has 3 nitrogen and oxygen atoms in total. The largest absolute Gasteiger partial charge is 0.380 e. The maximum atomic E-state index is 5.58. The van der Waals surface area contributed by atoms with Crippen molar-refractivity contribution in [2.45, 2.75) is 69.9 Å². The lowest BCUT2D eigenvalue weighted by atomic mass is 9.79. The third kappa shape index (κ3) is 3.96. The molecule has 3 rings (SSSR count). The Labute approximate surface area is 124 Å². The van der Waals surface area contributed by atoms with Gasteiger partial charge in [-0.1, -0.05) is 25.7 Å². The Balaban J connectivity index is 1.59. The van der Waals surface area contributed by atoms with Crippen molar-refractivity contribution in [1.82, 2.24) is 10.2 Å². The number of ether oxygens (including phenoxy) is 1. The Morgan fingerprint density at radius 1 is 1.10 bits per heavy atom. The molecule has 0 bridgehead atoms. The molecule has 1 aliphatic heterocycles. The molecule has 116 valence electrons. The molecule has 1 unspecified atom stereocenters. The number of hydrogen-bond acceptors (Lipinski definition) is 3. The second-order valence-electron chi connectivity index (χ2n) is 7.50. The van der Waals surface area contributed by atoms with Crippen molar-refractivity contribution in [3.05, 3.63) is 0 Å². The topological polar surface area (TPSA) is 24.5 Å². The first-order valence-electron chi connectivity index (χ1n) is 8.79. The second-order valence-corrected chi connectivity index (χ2v) is 7.50. The van der Waals surface area contributed by atoms with E-state index in [-0.39, 0.29) is 0 Å². The average molecular weight is 280 g/mol. The van der Waals surface area contributed by atoms with E-state index in [1.807, 2.05) is 0 Å². The summed E-state index contributed by atoms with van der Waals surface area (Å²) < 4.78 is 5.58. The summed E-state index contributed by atoms with van der Waals surface area (Å²) >= 11 is 0. The van der Waals surface area contributed by atoms with Crippen LogP contribution in [0.3, 0.4) is 0 Å². The fourth-order valence-corrected chi connectivity index (χ4v) is 4.05. The highest BCUT2D eigenvalue weighted by Crippen LogP contribution is 2.37. The number of nitrogens with zero attached hydrogens (tertiary/aromatic N) is 1. The molecule has 1 N–H and O–H groups in total. The minimum atomic E-state index is 0.524. The van der Waals surface area contributed by atoms with Crippen LogP contribution in [0.4, 0.5) is 0 Å². The minimum absolute atomic E-state index is 0.524. The molecule has 3 fully saturated rings. The van der Waals surface area contributed by atoms with Crippen LogP contribution >= 0.6 is 0 Å². The van der Waals surface area contributed by atoms with Crippen LogP contribution in [0.2, 0.25) is 0 Å². The third-order valence-corrected chi connectivity index (χ3v) is 5.62. The molecule has 0 aromatic rings. The highest BCUT2D eigenvalue weighted by Gasteiger charge is 2.36. The van der Waals surface area contributed by atoms with Gasteiger partial charge in [0.05, 0.1) is 6.61 Å². The van der Waals surface area contributed by atoms with Gasteiger partial charge in [0.25, 0.3) is 0 Å². The van der Waals surface area contributed by atoms with E-state index in [4.69, 9.17) is 4.74 Å². The molecule has 0 aromatic heterocycles. The van der Waals surface area contributed by atoms with Crippen molar-refractivity contribution < 1.29 is 4.74 Å². The zero-order valence-corrected chi connectivity index (χ0v) is 13.2. The van der Waals surface area contributed by atoms with Crippen LogP contribution in [0.1, 0.15) is 57.8 Å². The molecule has 2 saturated carbocycles. The first-order valence-corrected chi connectivity index (χ1v) is 8.79. The number of likely N-dealkylation sites (N-methyl/N-ethyl adjacent to an activating group) is 1. The molecule has 1 saturated heterocycles. The van der Waals surface area contributed by atoms with Gasteiger partial charge in [-0.05, 0) is 44.6 Å². The number of nitrogens with one attached hydrogen (secondary N) is 1. The molecule has 0 spiro atoms. The van der Waals surface area contributed by atoms with Gasteiger partial charge in [-0.3, -0.25) is 0 Å². The van der Waals surface area contributed by atoms with Gasteiger partial charge in [-0.25, -0.2) is 0 Å². The zero-order chi connectivity index (χ0) is 13.8. The van der Waals surface area contributed by atoms with Crippen LogP contribution in [0.5, 0.6) is 0 Å². The maximum absolute atomic E-state index is 5.58. The summed E-state index contributed by atoms with van der Waals surface area (Å²) in [4.78, 5) is 2.60. The van der Waals surface area contributed by atoms with E-state index < -0.39 is 0 Å². The van der Waals surface area contributed by atoms with Crippen molar-refractivity contribution in [2.24, 2.45) is 5.41 Å². The molecule has 2 aliphatic carbocycles. The molecule has 20 heavy (non-hydrogen) atoms. The lowest BCUT2D eigenvalue weighted by Crippen LogP contribution is -2.46. The van der Waals surface area contributed by atoms with E-state index >= 15 is 0 Å². The van der Waals surface area contributed by atoms with Gasteiger partial charge < -0.3 is 15.0 Å². The van der Waals surface area contributed by atoms with Crippen molar-refractivity contribution in [1.29, 1.82) is 0 Å². The lowest BCUT2D eigenvalue weighted by molar-refractivity contribution is 0.101. The van der Waals surface area contributed by atoms with E-state index in [0.717, 1.165) is 19.3 Å². The van der Waals surface area contributed by atoms with E-state index in [9.17, 15) is 0 Å². The zero-order valence-electron chi connectivity index (χ0n) is 13.2. The van der Waals surface area contributed by atoms with E-state index in [2.05, 4.69) is 17.3 Å². The van der Waals surface area contributed by atoms with Crippen molar-refractivity contribution in [2.75, 3.05) is 33.4 Å². The van der Waals surface area contributed by atoms with Crippen molar-refractivity contribution in [3.63, 3.8) is 0 Å². The van der Waals surface area contributed by atoms with Crippen LogP contribution in [-0.4, -0.2) is 50.3 Å². The molecular formula is C17H32N2O. The Hall–Kier alpha value is -0.120. The molecule has 1 heterocycles. The monoisotopic (exact) mass is 280 g/mol. The highest BCUT2D eigenvalue weighted by atomic mass is 16.5. The van der Waals surface area contributed by atoms with Crippen LogP contribution in [0.25, 0.3) is 0 Å². The first kappa shape index (κ1) is 14.8. The van der Waals surface area contributed by atoms with Gasteiger partial charge in [-0.2, -0.15) is 0 Å². The van der Waals surface area contributed by atoms with Crippen LogP contribution in [-0.2, 0) is 4.74 Å². The predicted molar refractivity (Wildman–Crippen MR) is 83.0 cm³/mol. The summed E-state index contributed by atoms with van der Waals surface area (Å²) in [6.07, 6.45) is 12.6. The predicted octanol–water partition coefficient (Wildman–Crippen LogP) is 2.80. The van der Waals surface area contributed by atoms with E-state index in [1.165, 1.54) is 70.9 Å². The minimum Gasteiger partial charge on any atom is -0.380 e. The fraction of sp³-hybridized carbons (Fsp3) is 1.00. The number of hydrogen-bond donors (Lipinski definition) is 1. The lowest BCUT2D eigenvalue weighted by Gasteiger charge is -2.39. The van der Waals surface area contributed by atoms with Crippen LogP contribution < -0.4 is 5.32 Å². The van der Waals surface area contributed by atoms with Gasteiger partial charge in [-0.15, -0.1) is 0 Å². The maximum Gasteiger partial charge on any atom is 0.0622 e.